The van der Waals surface area contributed by atoms with Crippen LogP contribution in [-0.4, -0.2) is 29.8 Å². The summed E-state index contributed by atoms with van der Waals surface area (Å²) in [6, 6.07) is 10.5. The molecule has 8 heteroatoms. The second-order valence-electron chi connectivity index (χ2n) is 6.38. The van der Waals surface area contributed by atoms with E-state index in [2.05, 4.69) is 10.6 Å². The molecule has 0 saturated carbocycles. The Morgan fingerprint density at radius 3 is 2.21 bits per heavy atom. The molecule has 0 heterocycles. The zero-order valence-corrected chi connectivity index (χ0v) is 16.0. The van der Waals surface area contributed by atoms with Crippen LogP contribution in [0.15, 0.2) is 48.5 Å². The number of primary amides is 1. The van der Waals surface area contributed by atoms with E-state index in [1.54, 1.807) is 30.3 Å². The van der Waals surface area contributed by atoms with Crippen molar-refractivity contribution in [3.05, 3.63) is 70.5 Å². The third kappa shape index (κ3) is 6.66. The van der Waals surface area contributed by atoms with Crippen LogP contribution in [-0.2, 0) is 27.2 Å². The third-order valence-corrected chi connectivity index (χ3v) is 4.29. The van der Waals surface area contributed by atoms with Gasteiger partial charge in [0.2, 0.25) is 17.7 Å². The molecule has 0 aromatic heterocycles. The molecular formula is C20H21ClFN3O3. The SMILES string of the molecule is CC(=O)N[C@H](Cc1cccc(F)c1)C(=O)N[C@H](Cc1ccc(Cl)cc1)C(N)=O. The molecule has 0 spiro atoms. The highest BCUT2D eigenvalue weighted by Gasteiger charge is 2.25. The number of carbonyl (C=O) groups is 3. The van der Waals surface area contributed by atoms with E-state index in [1.165, 1.54) is 25.1 Å². The van der Waals surface area contributed by atoms with Crippen LogP contribution in [0.4, 0.5) is 4.39 Å². The van der Waals surface area contributed by atoms with Gasteiger partial charge in [0.25, 0.3) is 0 Å². The van der Waals surface area contributed by atoms with Crippen molar-refractivity contribution in [2.24, 2.45) is 5.73 Å². The first-order chi connectivity index (χ1) is 13.2. The summed E-state index contributed by atoms with van der Waals surface area (Å²) in [5, 5.41) is 5.63. The Bertz CT molecular complexity index is 858. The molecule has 2 aromatic carbocycles. The topological polar surface area (TPSA) is 101 Å². The molecule has 4 N–H and O–H groups in total. The quantitative estimate of drug-likeness (QED) is 0.623. The number of rotatable bonds is 8. The molecule has 0 aliphatic carbocycles. The lowest BCUT2D eigenvalue weighted by Crippen LogP contribution is -2.54. The number of nitrogens with two attached hydrogens (primary N) is 1. The molecule has 6 nitrogen and oxygen atoms in total. The summed E-state index contributed by atoms with van der Waals surface area (Å²) >= 11 is 5.84. The maximum atomic E-state index is 13.4. The molecule has 0 aliphatic heterocycles. The molecule has 2 rings (SSSR count). The minimum atomic E-state index is -0.980. The average Bonchev–Trinajstić information content (AvgIpc) is 2.62. The summed E-state index contributed by atoms with van der Waals surface area (Å²) in [6.45, 7) is 1.27. The summed E-state index contributed by atoms with van der Waals surface area (Å²) in [6.07, 6.45) is 0.237. The van der Waals surface area contributed by atoms with Crippen LogP contribution in [0.1, 0.15) is 18.1 Å². The Morgan fingerprint density at radius 2 is 1.64 bits per heavy atom. The van der Waals surface area contributed by atoms with Gasteiger partial charge in [0.1, 0.15) is 17.9 Å². The van der Waals surface area contributed by atoms with E-state index in [0.717, 1.165) is 5.56 Å². The average molecular weight is 406 g/mol. The van der Waals surface area contributed by atoms with Gasteiger partial charge in [-0.2, -0.15) is 0 Å². The van der Waals surface area contributed by atoms with E-state index in [1.807, 2.05) is 0 Å². The number of halogens is 2. The third-order valence-electron chi connectivity index (χ3n) is 4.04. The Labute approximate surface area is 167 Å². The largest absolute Gasteiger partial charge is 0.368 e. The van der Waals surface area contributed by atoms with Gasteiger partial charge >= 0.3 is 0 Å². The Morgan fingerprint density at radius 1 is 1.00 bits per heavy atom. The number of amides is 3. The van der Waals surface area contributed by atoms with Crippen molar-refractivity contribution in [3.8, 4) is 0 Å². The van der Waals surface area contributed by atoms with Gasteiger partial charge in [0.15, 0.2) is 0 Å². The van der Waals surface area contributed by atoms with Gasteiger partial charge in [-0.25, -0.2) is 4.39 Å². The lowest BCUT2D eigenvalue weighted by atomic mass is 10.0. The summed E-state index contributed by atoms with van der Waals surface area (Å²) < 4.78 is 13.4. The molecule has 2 atom stereocenters. The second kappa shape index (κ2) is 9.85. The highest BCUT2D eigenvalue weighted by Crippen LogP contribution is 2.12. The molecule has 0 aliphatic rings. The second-order valence-corrected chi connectivity index (χ2v) is 6.82. The maximum absolute atomic E-state index is 13.4. The Balaban J connectivity index is 2.12. The molecule has 28 heavy (non-hydrogen) atoms. The fourth-order valence-corrected chi connectivity index (χ4v) is 2.83. The zero-order valence-electron chi connectivity index (χ0n) is 15.2. The Kier molecular flexibility index (Phi) is 7.52. The smallest absolute Gasteiger partial charge is 0.243 e. The molecule has 0 radical (unpaired) electrons. The number of hydrogen-bond acceptors (Lipinski definition) is 3. The first-order valence-electron chi connectivity index (χ1n) is 8.60. The molecular weight excluding hydrogens is 385 g/mol. The fourth-order valence-electron chi connectivity index (χ4n) is 2.71. The van der Waals surface area contributed by atoms with Gasteiger partial charge in [-0.3, -0.25) is 14.4 Å². The predicted molar refractivity (Wildman–Crippen MR) is 104 cm³/mol. The summed E-state index contributed by atoms with van der Waals surface area (Å²) in [4.78, 5) is 36.0. The highest BCUT2D eigenvalue weighted by atomic mass is 35.5. The lowest BCUT2D eigenvalue weighted by molar-refractivity contribution is -0.130. The standard InChI is InChI=1S/C20H21ClFN3O3/c1-12(26)24-18(11-14-3-2-4-16(22)9-14)20(28)25-17(19(23)27)10-13-5-7-15(21)8-6-13/h2-9,17-18H,10-11H2,1H3,(H2,23,27)(H,24,26)(H,25,28)/t17-,18-/m1/s1. The van der Waals surface area contributed by atoms with Gasteiger partial charge in [-0.15, -0.1) is 0 Å². The van der Waals surface area contributed by atoms with Crippen LogP contribution < -0.4 is 16.4 Å². The number of benzene rings is 2. The molecule has 0 saturated heterocycles. The van der Waals surface area contributed by atoms with Crippen LogP contribution in [0.3, 0.4) is 0 Å². The van der Waals surface area contributed by atoms with Crippen LogP contribution >= 0.6 is 11.6 Å². The monoisotopic (exact) mass is 405 g/mol. The normalized spacial score (nSPS) is 12.7. The van der Waals surface area contributed by atoms with Gasteiger partial charge in [0, 0.05) is 24.8 Å². The van der Waals surface area contributed by atoms with Crippen LogP contribution in [0.2, 0.25) is 5.02 Å². The van der Waals surface area contributed by atoms with Crippen molar-refractivity contribution in [2.45, 2.75) is 31.8 Å². The summed E-state index contributed by atoms with van der Waals surface area (Å²) in [5.74, 6) is -2.17. The number of hydrogen-bond donors (Lipinski definition) is 3. The van der Waals surface area contributed by atoms with Crippen LogP contribution in [0.25, 0.3) is 0 Å². The maximum Gasteiger partial charge on any atom is 0.243 e. The van der Waals surface area contributed by atoms with Crippen molar-refractivity contribution in [1.82, 2.24) is 10.6 Å². The van der Waals surface area contributed by atoms with Crippen molar-refractivity contribution >= 4 is 29.3 Å². The minimum Gasteiger partial charge on any atom is -0.368 e. The number of nitrogens with one attached hydrogen (secondary N) is 2. The van der Waals surface area contributed by atoms with Gasteiger partial charge in [0.05, 0.1) is 0 Å². The van der Waals surface area contributed by atoms with Crippen LogP contribution in [0, 0.1) is 5.82 Å². The molecule has 0 fully saturated rings. The molecule has 2 aromatic rings. The zero-order chi connectivity index (χ0) is 20.7. The van der Waals surface area contributed by atoms with Crippen molar-refractivity contribution < 1.29 is 18.8 Å². The molecule has 0 unspecified atom stereocenters. The minimum absolute atomic E-state index is 0.0651. The first kappa shape index (κ1) is 21.4. The molecule has 148 valence electrons. The number of carbonyl (C=O) groups excluding carboxylic acids is 3. The van der Waals surface area contributed by atoms with E-state index in [-0.39, 0.29) is 12.8 Å². The van der Waals surface area contributed by atoms with Crippen molar-refractivity contribution in [1.29, 1.82) is 0 Å². The summed E-state index contributed by atoms with van der Waals surface area (Å²) in [7, 11) is 0. The van der Waals surface area contributed by atoms with Crippen molar-refractivity contribution in [3.63, 3.8) is 0 Å². The molecule has 3 amide bonds. The highest BCUT2D eigenvalue weighted by molar-refractivity contribution is 6.30. The van der Waals surface area contributed by atoms with E-state index < -0.39 is 35.6 Å². The van der Waals surface area contributed by atoms with E-state index >= 15 is 0 Å². The van der Waals surface area contributed by atoms with E-state index in [4.69, 9.17) is 17.3 Å². The van der Waals surface area contributed by atoms with Gasteiger partial charge < -0.3 is 16.4 Å². The fraction of sp³-hybridized carbons (Fsp3) is 0.250. The first-order valence-corrected chi connectivity index (χ1v) is 8.98. The summed E-state index contributed by atoms with van der Waals surface area (Å²) in [5.41, 5.74) is 6.71. The van der Waals surface area contributed by atoms with Gasteiger partial charge in [-0.1, -0.05) is 35.9 Å². The van der Waals surface area contributed by atoms with Crippen molar-refractivity contribution in [2.75, 3.05) is 0 Å². The van der Waals surface area contributed by atoms with E-state index in [0.29, 0.717) is 10.6 Å². The van der Waals surface area contributed by atoms with Gasteiger partial charge in [-0.05, 0) is 35.4 Å². The lowest BCUT2D eigenvalue weighted by Gasteiger charge is -2.22. The molecule has 0 bridgehead atoms. The predicted octanol–water partition coefficient (Wildman–Crippen LogP) is 1.74. The van der Waals surface area contributed by atoms with E-state index in [9.17, 15) is 18.8 Å². The van der Waals surface area contributed by atoms with Crippen LogP contribution in [0.5, 0.6) is 0 Å². The Hall–Kier alpha value is -2.93.